The van der Waals surface area contributed by atoms with Gasteiger partial charge < -0.3 is 29.7 Å². The van der Waals surface area contributed by atoms with Crippen LogP contribution in [0.5, 0.6) is 11.5 Å². The van der Waals surface area contributed by atoms with Crippen molar-refractivity contribution in [3.05, 3.63) is 54.2 Å². The zero-order valence-electron chi connectivity index (χ0n) is 20.4. The van der Waals surface area contributed by atoms with Gasteiger partial charge in [0.05, 0.1) is 37.3 Å². The van der Waals surface area contributed by atoms with E-state index in [1.54, 1.807) is 13.3 Å². The Hall–Kier alpha value is -3.87. The predicted octanol–water partition coefficient (Wildman–Crippen LogP) is 3.73. The maximum Gasteiger partial charge on any atom is 0.227 e. The van der Waals surface area contributed by atoms with Gasteiger partial charge in [-0.25, -0.2) is 9.97 Å². The lowest BCUT2D eigenvalue weighted by atomic mass is 10.1. The number of anilines is 3. The highest BCUT2D eigenvalue weighted by Gasteiger charge is 2.18. The molecule has 1 aromatic heterocycles. The number of nitriles is 1. The Bertz CT molecular complexity index is 1230. The molecule has 2 saturated heterocycles. The van der Waals surface area contributed by atoms with Crippen molar-refractivity contribution in [1.82, 2.24) is 15.3 Å². The molecule has 2 fully saturated rings. The molecule has 186 valence electrons. The number of methoxy groups -OCH3 is 1. The van der Waals surface area contributed by atoms with Gasteiger partial charge in [-0.2, -0.15) is 5.26 Å². The molecule has 2 aliphatic rings. The van der Waals surface area contributed by atoms with E-state index >= 15 is 0 Å². The molecule has 3 aromatic rings. The largest absolute Gasteiger partial charge is 0.495 e. The first kappa shape index (κ1) is 23.9. The Labute approximate surface area is 211 Å². The van der Waals surface area contributed by atoms with E-state index in [1.807, 2.05) is 42.5 Å². The van der Waals surface area contributed by atoms with Crippen molar-refractivity contribution in [1.29, 1.82) is 5.26 Å². The van der Waals surface area contributed by atoms with Crippen molar-refractivity contribution in [3.8, 4) is 28.8 Å². The molecule has 2 aromatic carbocycles. The number of rotatable bonds is 7. The van der Waals surface area contributed by atoms with Crippen molar-refractivity contribution in [3.63, 3.8) is 0 Å². The maximum absolute atomic E-state index is 9.72. The van der Waals surface area contributed by atoms with E-state index in [1.165, 1.54) is 0 Å². The van der Waals surface area contributed by atoms with Crippen LogP contribution in [0.3, 0.4) is 0 Å². The fraction of sp³-hybridized carbons (Fsp3) is 0.370. The third-order valence-corrected chi connectivity index (χ3v) is 6.42. The third kappa shape index (κ3) is 5.51. The number of morpholine rings is 1. The fourth-order valence-corrected chi connectivity index (χ4v) is 4.50. The summed E-state index contributed by atoms with van der Waals surface area (Å²) < 4.78 is 17.2. The van der Waals surface area contributed by atoms with Crippen LogP contribution in [-0.2, 0) is 4.74 Å². The van der Waals surface area contributed by atoms with Crippen LogP contribution in [-0.4, -0.2) is 62.6 Å². The van der Waals surface area contributed by atoms with Gasteiger partial charge in [0.2, 0.25) is 5.95 Å². The van der Waals surface area contributed by atoms with E-state index < -0.39 is 0 Å². The molecule has 3 heterocycles. The summed E-state index contributed by atoms with van der Waals surface area (Å²) in [6.45, 7) is 4.96. The first-order chi connectivity index (χ1) is 17.7. The number of nitrogens with zero attached hydrogens (tertiary/aromatic N) is 4. The zero-order chi connectivity index (χ0) is 24.7. The molecule has 0 atom stereocenters. The molecular weight excluding hydrogens is 456 g/mol. The van der Waals surface area contributed by atoms with Crippen LogP contribution >= 0.6 is 0 Å². The lowest BCUT2D eigenvalue weighted by Gasteiger charge is -2.30. The van der Waals surface area contributed by atoms with E-state index in [4.69, 9.17) is 14.2 Å². The van der Waals surface area contributed by atoms with Crippen LogP contribution in [0, 0.1) is 11.3 Å². The zero-order valence-corrected chi connectivity index (χ0v) is 20.4. The van der Waals surface area contributed by atoms with Gasteiger partial charge in [0.1, 0.15) is 23.7 Å². The van der Waals surface area contributed by atoms with E-state index in [-0.39, 0.29) is 6.10 Å². The summed E-state index contributed by atoms with van der Waals surface area (Å²) in [5.74, 6) is 1.86. The Morgan fingerprint density at radius 1 is 1.08 bits per heavy atom. The minimum atomic E-state index is 0.130. The molecule has 5 rings (SSSR count). The number of ether oxygens (including phenoxy) is 3. The van der Waals surface area contributed by atoms with E-state index in [0.29, 0.717) is 36.2 Å². The molecule has 9 nitrogen and oxygen atoms in total. The molecule has 0 saturated carbocycles. The SMILES string of the molecule is COc1cc(Nc2nccc(-c3ccc(OC4CCNCC4)c(C#N)c3)n2)ccc1N1CCOCC1. The summed E-state index contributed by atoms with van der Waals surface area (Å²) in [4.78, 5) is 11.3. The maximum atomic E-state index is 9.72. The van der Waals surface area contributed by atoms with Gasteiger partial charge in [-0.1, -0.05) is 0 Å². The van der Waals surface area contributed by atoms with Gasteiger partial charge in [-0.15, -0.1) is 0 Å². The second kappa shape index (κ2) is 11.2. The number of hydrogen-bond acceptors (Lipinski definition) is 9. The molecule has 0 radical (unpaired) electrons. The molecule has 2 N–H and O–H groups in total. The fourth-order valence-electron chi connectivity index (χ4n) is 4.50. The van der Waals surface area contributed by atoms with Crippen LogP contribution in [0.25, 0.3) is 11.3 Å². The summed E-state index contributed by atoms with van der Waals surface area (Å²) in [5, 5.41) is 16.3. The summed E-state index contributed by atoms with van der Waals surface area (Å²) in [6.07, 6.45) is 3.71. The molecular formula is C27H30N6O3. The Balaban J connectivity index is 1.33. The first-order valence-electron chi connectivity index (χ1n) is 12.3. The summed E-state index contributed by atoms with van der Waals surface area (Å²) >= 11 is 0. The molecule has 2 aliphatic heterocycles. The number of aromatic nitrogens is 2. The van der Waals surface area contributed by atoms with Gasteiger partial charge >= 0.3 is 0 Å². The van der Waals surface area contributed by atoms with Gasteiger partial charge in [0, 0.05) is 36.6 Å². The third-order valence-electron chi connectivity index (χ3n) is 6.42. The first-order valence-corrected chi connectivity index (χ1v) is 12.3. The molecule has 0 unspecified atom stereocenters. The summed E-state index contributed by atoms with van der Waals surface area (Å²) in [5.41, 5.74) is 3.91. The number of piperidine rings is 1. The highest BCUT2D eigenvalue weighted by molar-refractivity contribution is 5.69. The second-order valence-corrected chi connectivity index (χ2v) is 8.77. The van der Waals surface area contributed by atoms with E-state index in [0.717, 1.165) is 61.7 Å². The summed E-state index contributed by atoms with van der Waals surface area (Å²) in [7, 11) is 1.67. The number of hydrogen-bond donors (Lipinski definition) is 2. The standard InChI is InChI=1S/C27H30N6O3/c1-34-26-17-21(3-4-24(26)33-12-14-35-15-13-33)31-27-30-11-8-23(32-27)19-2-5-25(20(16-19)18-28)36-22-6-9-29-10-7-22/h2-5,8,11,16-17,22,29H,6-7,9-10,12-15H2,1H3,(H,30,31,32). The smallest absolute Gasteiger partial charge is 0.227 e. The Morgan fingerprint density at radius 3 is 2.69 bits per heavy atom. The molecule has 0 spiro atoms. The van der Waals surface area contributed by atoms with Crippen LogP contribution in [0.15, 0.2) is 48.7 Å². The van der Waals surface area contributed by atoms with Crippen LogP contribution in [0.2, 0.25) is 0 Å². The minimum Gasteiger partial charge on any atom is -0.495 e. The average molecular weight is 487 g/mol. The molecule has 0 aliphatic carbocycles. The highest BCUT2D eigenvalue weighted by Crippen LogP contribution is 2.33. The van der Waals surface area contributed by atoms with Crippen LogP contribution < -0.4 is 25.0 Å². The van der Waals surface area contributed by atoms with E-state index in [9.17, 15) is 5.26 Å². The number of nitrogens with one attached hydrogen (secondary N) is 2. The van der Waals surface area contributed by atoms with Crippen molar-refractivity contribution >= 4 is 17.3 Å². The lowest BCUT2D eigenvalue weighted by Crippen LogP contribution is -2.36. The van der Waals surface area contributed by atoms with Crippen LogP contribution in [0.1, 0.15) is 18.4 Å². The van der Waals surface area contributed by atoms with Crippen molar-refractivity contribution in [2.75, 3.05) is 56.7 Å². The predicted molar refractivity (Wildman–Crippen MR) is 138 cm³/mol. The highest BCUT2D eigenvalue weighted by atomic mass is 16.5. The van der Waals surface area contributed by atoms with Gasteiger partial charge in [-0.3, -0.25) is 0 Å². The van der Waals surface area contributed by atoms with Gasteiger partial charge in [0.15, 0.2) is 0 Å². The van der Waals surface area contributed by atoms with Crippen LogP contribution in [0.4, 0.5) is 17.3 Å². The van der Waals surface area contributed by atoms with Gasteiger partial charge in [-0.05, 0) is 62.3 Å². The molecule has 36 heavy (non-hydrogen) atoms. The summed E-state index contributed by atoms with van der Waals surface area (Å²) in [6, 6.07) is 15.7. The van der Waals surface area contributed by atoms with Crippen molar-refractivity contribution in [2.45, 2.75) is 18.9 Å². The molecule has 0 bridgehead atoms. The Kier molecular flexibility index (Phi) is 7.45. The van der Waals surface area contributed by atoms with E-state index in [2.05, 4.69) is 31.6 Å². The Morgan fingerprint density at radius 2 is 1.92 bits per heavy atom. The van der Waals surface area contributed by atoms with Gasteiger partial charge in [0.25, 0.3) is 0 Å². The molecule has 9 heteroatoms. The topological polar surface area (TPSA) is 105 Å². The normalized spacial score (nSPS) is 16.3. The molecule has 0 amide bonds. The number of benzene rings is 2. The quantitative estimate of drug-likeness (QED) is 0.517. The minimum absolute atomic E-state index is 0.130. The average Bonchev–Trinajstić information content (AvgIpc) is 2.94. The van der Waals surface area contributed by atoms with Crippen molar-refractivity contribution < 1.29 is 14.2 Å². The van der Waals surface area contributed by atoms with Crippen molar-refractivity contribution in [2.24, 2.45) is 0 Å². The lowest BCUT2D eigenvalue weighted by molar-refractivity contribution is 0.122. The second-order valence-electron chi connectivity index (χ2n) is 8.77. The monoisotopic (exact) mass is 486 g/mol.